The highest BCUT2D eigenvalue weighted by atomic mass is 19.1. The zero-order valence-corrected chi connectivity index (χ0v) is 16.0. The molecule has 3 rings (SSSR count). The lowest BCUT2D eigenvalue weighted by Crippen LogP contribution is -2.39. The second-order valence-electron chi connectivity index (χ2n) is 6.95. The van der Waals surface area contributed by atoms with Gasteiger partial charge in [-0.3, -0.25) is 4.79 Å². The predicted molar refractivity (Wildman–Crippen MR) is 101 cm³/mol. The van der Waals surface area contributed by atoms with E-state index >= 15 is 0 Å². The minimum absolute atomic E-state index is 0.0238. The smallest absolute Gasteiger partial charge is 0.227 e. The number of carbonyl (C=O) groups is 1. The Hall–Kier alpha value is -2.94. The molecule has 0 radical (unpaired) electrons. The number of likely N-dealkylation sites (tertiary alicyclic amines) is 1. The highest BCUT2D eigenvalue weighted by Crippen LogP contribution is 2.30. The summed E-state index contributed by atoms with van der Waals surface area (Å²) in [6.45, 7) is 2.10. The third-order valence-electron chi connectivity index (χ3n) is 5.14. The van der Waals surface area contributed by atoms with Crippen LogP contribution in [0, 0.1) is 18.6 Å². The van der Waals surface area contributed by atoms with Crippen molar-refractivity contribution in [3.05, 3.63) is 58.7 Å². The Morgan fingerprint density at radius 2 is 1.93 bits per heavy atom. The van der Waals surface area contributed by atoms with E-state index in [1.807, 2.05) is 0 Å². The molecule has 1 aromatic heterocycles. The van der Waals surface area contributed by atoms with Crippen molar-refractivity contribution in [2.75, 3.05) is 19.7 Å². The maximum absolute atomic E-state index is 13.8. The number of carbonyl (C=O) groups excluding carboxylic acids is 1. The number of hydrogen-bond donors (Lipinski definition) is 2. The van der Waals surface area contributed by atoms with Crippen molar-refractivity contribution in [2.24, 2.45) is 5.16 Å². The number of piperidine rings is 1. The van der Waals surface area contributed by atoms with E-state index in [4.69, 9.17) is 5.21 Å². The van der Waals surface area contributed by atoms with E-state index in [1.165, 1.54) is 12.3 Å². The van der Waals surface area contributed by atoms with Crippen molar-refractivity contribution in [2.45, 2.75) is 32.1 Å². The number of hydrogen-bond acceptors (Lipinski definition) is 6. The van der Waals surface area contributed by atoms with Gasteiger partial charge in [0, 0.05) is 36.3 Å². The van der Waals surface area contributed by atoms with Gasteiger partial charge in [-0.15, -0.1) is 0 Å². The first-order chi connectivity index (χ1) is 13.9. The van der Waals surface area contributed by atoms with Gasteiger partial charge in [0.1, 0.15) is 23.2 Å². The maximum atomic E-state index is 13.8. The van der Waals surface area contributed by atoms with Gasteiger partial charge in [-0.2, -0.15) is 0 Å². The molecule has 1 fully saturated rings. The second kappa shape index (κ2) is 9.04. The highest BCUT2D eigenvalue weighted by molar-refractivity contribution is 6.01. The van der Waals surface area contributed by atoms with Crippen molar-refractivity contribution >= 4 is 11.6 Å². The van der Waals surface area contributed by atoms with Crippen LogP contribution in [0.5, 0.6) is 0 Å². The molecule has 0 atom stereocenters. The topological polar surface area (TPSA) is 98.9 Å². The normalized spacial score (nSPS) is 15.6. The molecular weight excluding hydrogens is 382 g/mol. The van der Waals surface area contributed by atoms with Gasteiger partial charge in [0.15, 0.2) is 0 Å². The van der Waals surface area contributed by atoms with Gasteiger partial charge < -0.3 is 15.2 Å². The largest absolute Gasteiger partial charge is 0.411 e. The van der Waals surface area contributed by atoms with Gasteiger partial charge in [-0.1, -0.05) is 11.2 Å². The van der Waals surface area contributed by atoms with Crippen LogP contribution in [0.1, 0.15) is 41.4 Å². The molecule has 0 unspecified atom stereocenters. The first-order valence-corrected chi connectivity index (χ1v) is 9.31. The summed E-state index contributed by atoms with van der Waals surface area (Å²) in [7, 11) is 0. The van der Waals surface area contributed by atoms with E-state index in [-0.39, 0.29) is 29.5 Å². The molecule has 1 amide bonds. The van der Waals surface area contributed by atoms with Crippen LogP contribution in [0.15, 0.2) is 29.6 Å². The van der Waals surface area contributed by atoms with Crippen LogP contribution in [-0.2, 0) is 11.2 Å². The number of aromatic nitrogens is 2. The van der Waals surface area contributed by atoms with Gasteiger partial charge in [-0.05, 0) is 31.9 Å². The molecule has 1 aliphatic heterocycles. The summed E-state index contributed by atoms with van der Waals surface area (Å²) in [5.74, 6) is -1.26. The number of nitrogens with zero attached hydrogens (tertiary/aromatic N) is 4. The summed E-state index contributed by atoms with van der Waals surface area (Å²) < 4.78 is 27.6. The minimum atomic E-state index is -0.728. The number of aliphatic hydroxyl groups is 1. The van der Waals surface area contributed by atoms with Crippen LogP contribution < -0.4 is 0 Å². The highest BCUT2D eigenvalue weighted by Gasteiger charge is 2.28. The molecule has 9 heteroatoms. The van der Waals surface area contributed by atoms with Gasteiger partial charge in [0.2, 0.25) is 5.91 Å². The summed E-state index contributed by atoms with van der Waals surface area (Å²) in [6, 6.07) is 3.54. The monoisotopic (exact) mass is 404 g/mol. The number of aryl methyl sites for hydroxylation is 1. The molecule has 1 aromatic carbocycles. The number of aliphatic hydroxyl groups excluding tert-OH is 1. The minimum Gasteiger partial charge on any atom is -0.411 e. The van der Waals surface area contributed by atoms with E-state index in [0.717, 1.165) is 12.1 Å². The van der Waals surface area contributed by atoms with Gasteiger partial charge in [-0.25, -0.2) is 18.7 Å². The van der Waals surface area contributed by atoms with E-state index in [2.05, 4.69) is 15.1 Å². The number of rotatable bonds is 5. The van der Waals surface area contributed by atoms with Crippen molar-refractivity contribution in [1.82, 2.24) is 14.9 Å². The Morgan fingerprint density at radius 3 is 2.52 bits per heavy atom. The first kappa shape index (κ1) is 20.8. The Morgan fingerprint density at radius 1 is 1.28 bits per heavy atom. The van der Waals surface area contributed by atoms with Gasteiger partial charge in [0.25, 0.3) is 0 Å². The van der Waals surface area contributed by atoms with Crippen molar-refractivity contribution < 1.29 is 23.9 Å². The van der Waals surface area contributed by atoms with Crippen LogP contribution in [0.25, 0.3) is 0 Å². The summed E-state index contributed by atoms with van der Waals surface area (Å²) in [5, 5.41) is 21.7. The number of benzene rings is 1. The van der Waals surface area contributed by atoms with Crippen LogP contribution >= 0.6 is 0 Å². The third kappa shape index (κ3) is 4.56. The SMILES string of the molecule is Cc1ncc(C(CO)=NO)c(C2CCN(C(=O)Cc3c(F)cccc3F)CC2)n1. The fraction of sp³-hybridized carbons (Fsp3) is 0.400. The van der Waals surface area contributed by atoms with Crippen molar-refractivity contribution in [3.63, 3.8) is 0 Å². The fourth-order valence-electron chi connectivity index (χ4n) is 3.56. The quantitative estimate of drug-likeness (QED) is 0.452. The summed E-state index contributed by atoms with van der Waals surface area (Å²) in [6.07, 6.45) is 2.35. The molecule has 154 valence electrons. The molecular formula is C20H22F2N4O3. The van der Waals surface area contributed by atoms with Crippen molar-refractivity contribution in [1.29, 1.82) is 0 Å². The lowest BCUT2D eigenvalue weighted by Gasteiger charge is -2.32. The van der Waals surface area contributed by atoms with Crippen LogP contribution in [0.3, 0.4) is 0 Å². The van der Waals surface area contributed by atoms with Gasteiger partial charge in [0.05, 0.1) is 18.7 Å². The summed E-state index contributed by atoms with van der Waals surface area (Å²) >= 11 is 0. The predicted octanol–water partition coefficient (Wildman–Crippen LogP) is 2.18. The van der Waals surface area contributed by atoms with Crippen LogP contribution in [-0.4, -0.2) is 56.5 Å². The third-order valence-corrected chi connectivity index (χ3v) is 5.14. The Kier molecular flexibility index (Phi) is 6.48. The Labute approximate surface area is 166 Å². The Bertz CT molecular complexity index is 908. The molecule has 2 aromatic rings. The average molecular weight is 404 g/mol. The number of halogens is 2. The molecule has 0 aliphatic carbocycles. The molecule has 1 aliphatic rings. The summed E-state index contributed by atoms with van der Waals surface area (Å²) in [5.41, 5.74) is 0.985. The molecule has 2 N–H and O–H groups in total. The maximum Gasteiger partial charge on any atom is 0.227 e. The average Bonchev–Trinajstić information content (AvgIpc) is 2.72. The van der Waals surface area contributed by atoms with E-state index in [1.54, 1.807) is 11.8 Å². The van der Waals surface area contributed by atoms with E-state index in [0.29, 0.717) is 43.0 Å². The Balaban J connectivity index is 1.71. The van der Waals surface area contributed by atoms with Crippen molar-refractivity contribution in [3.8, 4) is 0 Å². The van der Waals surface area contributed by atoms with E-state index < -0.39 is 18.2 Å². The lowest BCUT2D eigenvalue weighted by molar-refractivity contribution is -0.131. The van der Waals surface area contributed by atoms with E-state index in [9.17, 15) is 18.7 Å². The summed E-state index contributed by atoms with van der Waals surface area (Å²) in [4.78, 5) is 22.7. The molecule has 0 bridgehead atoms. The molecule has 29 heavy (non-hydrogen) atoms. The van der Waals surface area contributed by atoms with Crippen LogP contribution in [0.4, 0.5) is 8.78 Å². The zero-order valence-electron chi connectivity index (χ0n) is 16.0. The molecule has 2 heterocycles. The first-order valence-electron chi connectivity index (χ1n) is 9.31. The molecule has 0 saturated carbocycles. The van der Waals surface area contributed by atoms with Gasteiger partial charge >= 0.3 is 0 Å². The number of amides is 1. The van der Waals surface area contributed by atoms with Crippen LogP contribution in [0.2, 0.25) is 0 Å². The zero-order chi connectivity index (χ0) is 21.0. The number of oxime groups is 1. The second-order valence-corrected chi connectivity index (χ2v) is 6.95. The molecule has 0 spiro atoms. The lowest BCUT2D eigenvalue weighted by atomic mass is 9.89. The molecule has 7 nitrogen and oxygen atoms in total. The standard InChI is InChI=1S/C20H22F2N4O3/c1-12-23-10-15(18(11-27)25-29)20(24-12)13-5-7-26(8-6-13)19(28)9-14-16(21)3-2-4-17(14)22/h2-4,10,13,27,29H,5-9,11H2,1H3. The fourth-order valence-corrected chi connectivity index (χ4v) is 3.56. The molecule has 1 saturated heterocycles.